The first kappa shape index (κ1) is 36.6. The molecule has 3 aliphatic carbocycles. The number of unbranched alkanes of at least 4 members (excludes halogenated alkanes) is 1. The van der Waals surface area contributed by atoms with Crippen molar-refractivity contribution in [1.29, 1.82) is 0 Å². The number of phenols is 1. The Hall–Kier alpha value is -3.86. The van der Waals surface area contributed by atoms with Crippen LogP contribution in [-0.4, -0.2) is 116 Å². The van der Waals surface area contributed by atoms with Gasteiger partial charge in [-0.25, -0.2) is 0 Å². The summed E-state index contributed by atoms with van der Waals surface area (Å²) in [5.74, 6) is -9.29. The van der Waals surface area contributed by atoms with Gasteiger partial charge in [-0.1, -0.05) is 18.6 Å². The molecule has 0 spiro atoms. The zero-order valence-electron chi connectivity index (χ0n) is 26.3. The van der Waals surface area contributed by atoms with Gasteiger partial charge in [0.15, 0.2) is 11.4 Å². The van der Waals surface area contributed by atoms with Gasteiger partial charge in [-0.3, -0.25) is 29.4 Å². The molecule has 254 valence electrons. The molecule has 46 heavy (non-hydrogen) atoms. The van der Waals surface area contributed by atoms with Crippen molar-refractivity contribution in [3.63, 3.8) is 0 Å². The average Bonchev–Trinajstić information content (AvgIpc) is 2.97. The van der Waals surface area contributed by atoms with Crippen LogP contribution in [0.2, 0.25) is 0 Å². The van der Waals surface area contributed by atoms with Gasteiger partial charge in [0.05, 0.1) is 23.9 Å². The summed E-state index contributed by atoms with van der Waals surface area (Å²) in [6.45, 7) is 3.28. The summed E-state index contributed by atoms with van der Waals surface area (Å²) in [6.07, 6.45) is 1.07. The average molecular weight is 649 g/mol. The molecular weight excluding hydrogens is 604 g/mol. The summed E-state index contributed by atoms with van der Waals surface area (Å²) >= 11 is 0. The molecule has 6 atom stereocenters. The first-order valence-electron chi connectivity index (χ1n) is 15.0. The van der Waals surface area contributed by atoms with Gasteiger partial charge in [-0.15, -0.1) is 0 Å². The lowest BCUT2D eigenvalue weighted by Gasteiger charge is -2.53. The lowest BCUT2D eigenvalue weighted by atomic mass is 9.54. The molecule has 4 rings (SSSR count). The molecule has 3 aliphatic rings. The maximum Gasteiger partial charge on any atom is 0.320 e. The van der Waals surface area contributed by atoms with E-state index in [0.29, 0.717) is 19.4 Å². The quantitative estimate of drug-likeness (QED) is 0.0862. The first-order valence-corrected chi connectivity index (χ1v) is 15.0. The van der Waals surface area contributed by atoms with E-state index in [9.17, 15) is 49.8 Å². The van der Waals surface area contributed by atoms with Crippen molar-refractivity contribution in [3.05, 3.63) is 46.2 Å². The number of likely N-dealkylation sites (N-methyl/N-ethyl adjacent to an activating group) is 1. The number of phenolic OH excluding ortho intramolecular Hbond substituents is 1. The normalized spacial score (nSPS) is 27.7. The number of aliphatic hydroxyl groups is 5. The molecule has 1 saturated carbocycles. The molecule has 1 aromatic carbocycles. The second-order valence-electron chi connectivity index (χ2n) is 12.0. The summed E-state index contributed by atoms with van der Waals surface area (Å²) < 4.78 is 0. The summed E-state index contributed by atoms with van der Waals surface area (Å²) in [5.41, 5.74) is -0.669. The van der Waals surface area contributed by atoms with Crippen LogP contribution < -0.4 is 16.4 Å². The van der Waals surface area contributed by atoms with E-state index in [1.165, 1.54) is 44.1 Å². The Balaban J connectivity index is 0.00000185. The van der Waals surface area contributed by atoms with Crippen molar-refractivity contribution in [3.8, 4) is 5.75 Å². The van der Waals surface area contributed by atoms with Gasteiger partial charge in [0.2, 0.25) is 5.78 Å². The molecular formula is C31H44N4O11. The van der Waals surface area contributed by atoms with E-state index in [2.05, 4.69) is 10.6 Å². The van der Waals surface area contributed by atoms with Gasteiger partial charge >= 0.3 is 5.97 Å². The Morgan fingerprint density at radius 3 is 2.33 bits per heavy atom. The molecule has 1 unspecified atom stereocenters. The van der Waals surface area contributed by atoms with Crippen LogP contribution in [0.25, 0.3) is 5.76 Å². The minimum absolute atomic E-state index is 0.135. The fraction of sp³-hybridized carbons (Fsp3) is 0.548. The number of benzene rings is 1. The number of hydrogen-bond donors (Lipinski definition) is 10. The zero-order chi connectivity index (χ0) is 34.7. The van der Waals surface area contributed by atoms with Gasteiger partial charge in [-0.2, -0.15) is 0 Å². The Bertz CT molecular complexity index is 1440. The molecule has 15 heteroatoms. The highest BCUT2D eigenvalue weighted by atomic mass is 16.4. The number of fused-ring (bicyclic) bond motifs is 3. The van der Waals surface area contributed by atoms with Crippen molar-refractivity contribution < 1.29 is 54.9 Å². The van der Waals surface area contributed by atoms with Crippen LogP contribution in [0, 0.1) is 11.8 Å². The van der Waals surface area contributed by atoms with E-state index >= 15 is 0 Å². The van der Waals surface area contributed by atoms with Gasteiger partial charge < -0.3 is 46.8 Å². The third kappa shape index (κ3) is 6.26. The molecule has 15 nitrogen and oxygen atoms in total. The Kier molecular flexibility index (Phi) is 11.4. The third-order valence-corrected chi connectivity index (χ3v) is 8.84. The number of aliphatic hydroxyl groups excluding tert-OH is 3. The molecule has 1 amide bonds. The van der Waals surface area contributed by atoms with Crippen LogP contribution in [0.1, 0.15) is 50.7 Å². The molecule has 0 heterocycles. The smallest absolute Gasteiger partial charge is 0.320 e. The molecule has 0 bridgehead atoms. The number of aromatic hydroxyl groups is 1. The van der Waals surface area contributed by atoms with Crippen molar-refractivity contribution >= 4 is 29.2 Å². The van der Waals surface area contributed by atoms with Crippen LogP contribution in [0.5, 0.6) is 5.75 Å². The summed E-state index contributed by atoms with van der Waals surface area (Å²) in [6, 6.07) is 1.83. The summed E-state index contributed by atoms with van der Waals surface area (Å²) in [7, 11) is 2.97. The number of rotatable bonds is 10. The number of Topliss-reactive ketones (excluding diaryl/α,β-unsaturated/α-hetero) is 2. The number of carbonyl (C=O) groups is 4. The fourth-order valence-electron chi connectivity index (χ4n) is 6.63. The number of amides is 1. The van der Waals surface area contributed by atoms with Gasteiger partial charge in [0.25, 0.3) is 5.91 Å². The number of carboxylic acids is 1. The van der Waals surface area contributed by atoms with Crippen molar-refractivity contribution in [2.75, 3.05) is 33.9 Å². The van der Waals surface area contributed by atoms with Crippen LogP contribution in [-0.2, 0) is 24.8 Å². The Morgan fingerprint density at radius 1 is 1.13 bits per heavy atom. The van der Waals surface area contributed by atoms with Gasteiger partial charge in [-0.05, 0) is 65.4 Å². The third-order valence-electron chi connectivity index (χ3n) is 8.84. The number of hydrogen-bond acceptors (Lipinski definition) is 13. The second kappa shape index (κ2) is 14.3. The lowest BCUT2D eigenvalue weighted by molar-refractivity contribution is -0.159. The highest BCUT2D eigenvalue weighted by Crippen LogP contribution is 2.57. The monoisotopic (exact) mass is 648 g/mol. The van der Waals surface area contributed by atoms with Crippen LogP contribution >= 0.6 is 0 Å². The number of aliphatic carboxylic acids is 1. The van der Waals surface area contributed by atoms with Crippen molar-refractivity contribution in [1.82, 2.24) is 15.5 Å². The number of carboxylic acid groups (broad SMARTS) is 1. The Morgan fingerprint density at radius 2 is 1.76 bits per heavy atom. The van der Waals surface area contributed by atoms with E-state index in [4.69, 9.17) is 10.8 Å². The Labute approximate surface area is 266 Å². The minimum atomic E-state index is -2.85. The summed E-state index contributed by atoms with van der Waals surface area (Å²) in [4.78, 5) is 54.0. The number of carbonyl (C=O) groups excluding carboxylic acids is 3. The maximum atomic E-state index is 14.1. The van der Waals surface area contributed by atoms with Gasteiger partial charge in [0.1, 0.15) is 28.9 Å². The highest BCUT2D eigenvalue weighted by Gasteiger charge is 2.66. The number of ketones is 2. The molecule has 0 aliphatic heterocycles. The standard InChI is InChI=1S/C29H38N4O10.C2H6O/c1-28(42)13-7-6-9-17(34)18(13)22(35)19-14(28)11-15-21(33(2)3)23(36)20(25(38)29(15,43)24(19)37)26(39)32-12-31-16(27(40)41)8-4-5-10-30;1-2-3/h6-7,9,14-16,21,31,34-35,38,42-43H,4-5,8,10-12,30H2,1-3H3,(H,32,39)(H,40,41);3H,2H2,1H3/t14?,15-,16-,21-,28+,29-;/m0./s1. The number of nitrogens with one attached hydrogen (secondary N) is 2. The van der Waals surface area contributed by atoms with Crippen LogP contribution in [0.15, 0.2) is 35.1 Å². The molecule has 1 aromatic rings. The topological polar surface area (TPSA) is 263 Å². The van der Waals surface area contributed by atoms with Crippen LogP contribution in [0.3, 0.4) is 0 Å². The second-order valence-corrected chi connectivity index (χ2v) is 12.0. The number of nitrogens with zero attached hydrogens (tertiary/aromatic N) is 1. The minimum Gasteiger partial charge on any atom is -0.508 e. The molecule has 0 aromatic heterocycles. The maximum absolute atomic E-state index is 14.1. The van der Waals surface area contributed by atoms with Gasteiger partial charge in [0, 0.05) is 24.0 Å². The SMILES string of the molecule is CCO.CN(C)[C@@H]1C(=O)C(C(=O)NCN[C@@H](CCCCN)C(=O)O)=C(O)[C@@]2(O)C(=O)C3=C(O)c4c(O)cccc4[C@@](C)(O)C3C[C@@H]12. The predicted molar refractivity (Wildman–Crippen MR) is 164 cm³/mol. The largest absolute Gasteiger partial charge is 0.508 e. The fourth-order valence-corrected chi connectivity index (χ4v) is 6.63. The van der Waals surface area contributed by atoms with Crippen molar-refractivity contribution in [2.24, 2.45) is 17.6 Å². The van der Waals surface area contributed by atoms with E-state index in [0.717, 1.165) is 0 Å². The van der Waals surface area contributed by atoms with E-state index in [1.54, 1.807) is 6.92 Å². The van der Waals surface area contributed by atoms with Crippen LogP contribution in [0.4, 0.5) is 0 Å². The van der Waals surface area contributed by atoms with Crippen molar-refractivity contribution in [2.45, 2.75) is 62.8 Å². The van der Waals surface area contributed by atoms with E-state index in [1.807, 2.05) is 0 Å². The number of nitrogens with two attached hydrogens (primary N) is 1. The van der Waals surface area contributed by atoms with E-state index < -0.39 is 93.6 Å². The predicted octanol–water partition coefficient (Wildman–Crippen LogP) is -0.612. The summed E-state index contributed by atoms with van der Waals surface area (Å²) in [5, 5.41) is 78.5. The zero-order valence-corrected chi connectivity index (χ0v) is 26.3. The first-order chi connectivity index (χ1) is 21.5. The lowest BCUT2D eigenvalue weighted by Crippen LogP contribution is -2.67. The molecule has 0 radical (unpaired) electrons. The molecule has 1 fully saturated rings. The van der Waals surface area contributed by atoms with E-state index in [-0.39, 0.29) is 30.6 Å². The molecule has 0 saturated heterocycles. The highest BCUT2D eigenvalue weighted by molar-refractivity contribution is 6.25. The molecule has 11 N–H and O–H groups in total.